The number of aryl methyl sites for hydroxylation is 1. The summed E-state index contributed by atoms with van der Waals surface area (Å²) in [5, 5.41) is 10.6. The van der Waals surface area contributed by atoms with Gasteiger partial charge in [0.2, 0.25) is 5.88 Å². The Morgan fingerprint density at radius 3 is 2.67 bits per heavy atom. The fraction of sp³-hybridized carbons (Fsp3) is 0.357. The number of hydrogen-bond donors (Lipinski definition) is 2. The summed E-state index contributed by atoms with van der Waals surface area (Å²) in [6.45, 7) is 1.30. The molecule has 2 aromatic heterocycles. The van der Waals surface area contributed by atoms with Gasteiger partial charge in [-0.15, -0.1) is 0 Å². The van der Waals surface area contributed by atoms with Gasteiger partial charge in [-0.2, -0.15) is 5.10 Å². The first kappa shape index (κ1) is 14.8. The summed E-state index contributed by atoms with van der Waals surface area (Å²) in [4.78, 5) is 8.35. The van der Waals surface area contributed by atoms with Gasteiger partial charge in [0.15, 0.2) is 5.96 Å². The number of ether oxygens (including phenoxy) is 1. The molecule has 7 nitrogen and oxygen atoms in total. The maximum atomic E-state index is 5.03. The molecule has 2 aromatic rings. The van der Waals surface area contributed by atoms with Crippen LogP contribution in [0, 0.1) is 0 Å². The van der Waals surface area contributed by atoms with E-state index in [1.807, 2.05) is 29.9 Å². The number of aromatic nitrogens is 3. The number of aliphatic imine (C=N–C) groups is 1. The Balaban J connectivity index is 1.83. The minimum absolute atomic E-state index is 0.609. The molecular formula is C14H20N6O. The molecule has 0 spiro atoms. The van der Waals surface area contributed by atoms with Crippen LogP contribution in [0.25, 0.3) is 0 Å². The summed E-state index contributed by atoms with van der Waals surface area (Å²) < 4.78 is 6.86. The predicted octanol–water partition coefficient (Wildman–Crippen LogP) is 0.689. The molecule has 0 saturated carbocycles. The number of nitrogens with one attached hydrogen (secondary N) is 2. The summed E-state index contributed by atoms with van der Waals surface area (Å²) in [6.07, 6.45) is 3.55. The van der Waals surface area contributed by atoms with E-state index < -0.39 is 0 Å². The number of rotatable bonds is 5. The van der Waals surface area contributed by atoms with Crippen molar-refractivity contribution in [1.29, 1.82) is 0 Å². The zero-order valence-corrected chi connectivity index (χ0v) is 12.5. The van der Waals surface area contributed by atoms with Crippen molar-refractivity contribution in [2.45, 2.75) is 13.1 Å². The molecule has 2 heterocycles. The summed E-state index contributed by atoms with van der Waals surface area (Å²) in [5.74, 6) is 1.34. The molecule has 2 rings (SSSR count). The van der Waals surface area contributed by atoms with Gasteiger partial charge in [0, 0.05) is 39.1 Å². The lowest BCUT2D eigenvalue weighted by atomic mass is 10.3. The lowest BCUT2D eigenvalue weighted by molar-refractivity contribution is 0.397. The molecule has 0 bridgehead atoms. The molecule has 0 fully saturated rings. The first-order chi connectivity index (χ1) is 10.2. The molecule has 0 aliphatic rings. The topological polar surface area (TPSA) is 76.4 Å². The zero-order valence-electron chi connectivity index (χ0n) is 12.5. The Morgan fingerprint density at radius 1 is 1.29 bits per heavy atom. The number of guanidine groups is 1. The van der Waals surface area contributed by atoms with Crippen LogP contribution in [-0.2, 0) is 20.1 Å². The monoisotopic (exact) mass is 288 g/mol. The van der Waals surface area contributed by atoms with Crippen molar-refractivity contribution in [2.24, 2.45) is 12.0 Å². The predicted molar refractivity (Wildman–Crippen MR) is 81.0 cm³/mol. The molecular weight excluding hydrogens is 268 g/mol. The van der Waals surface area contributed by atoms with Crippen molar-refractivity contribution in [3.63, 3.8) is 0 Å². The number of hydrogen-bond acceptors (Lipinski definition) is 4. The minimum Gasteiger partial charge on any atom is -0.481 e. The van der Waals surface area contributed by atoms with Crippen molar-refractivity contribution in [3.05, 3.63) is 41.9 Å². The zero-order chi connectivity index (χ0) is 15.1. The van der Waals surface area contributed by atoms with E-state index in [9.17, 15) is 0 Å². The highest BCUT2D eigenvalue weighted by molar-refractivity contribution is 5.79. The van der Waals surface area contributed by atoms with Crippen LogP contribution in [0.15, 0.2) is 35.6 Å². The van der Waals surface area contributed by atoms with E-state index in [0.717, 1.165) is 17.2 Å². The van der Waals surface area contributed by atoms with Crippen molar-refractivity contribution in [2.75, 3.05) is 14.2 Å². The van der Waals surface area contributed by atoms with Crippen molar-refractivity contribution < 1.29 is 4.74 Å². The van der Waals surface area contributed by atoms with Crippen LogP contribution < -0.4 is 15.4 Å². The molecule has 0 saturated heterocycles. The maximum absolute atomic E-state index is 5.03. The van der Waals surface area contributed by atoms with E-state index in [1.54, 1.807) is 26.6 Å². The largest absolute Gasteiger partial charge is 0.481 e. The molecule has 0 aliphatic heterocycles. The Kier molecular flexibility index (Phi) is 5.14. The highest BCUT2D eigenvalue weighted by Crippen LogP contribution is 2.06. The maximum Gasteiger partial charge on any atom is 0.212 e. The third-order valence-electron chi connectivity index (χ3n) is 3.05. The van der Waals surface area contributed by atoms with Gasteiger partial charge in [-0.1, -0.05) is 6.07 Å². The molecule has 0 radical (unpaired) electrons. The fourth-order valence-electron chi connectivity index (χ4n) is 1.79. The molecule has 21 heavy (non-hydrogen) atoms. The molecule has 7 heteroatoms. The quantitative estimate of drug-likeness (QED) is 0.625. The van der Waals surface area contributed by atoms with Crippen LogP contribution in [0.2, 0.25) is 0 Å². The lowest BCUT2D eigenvalue weighted by Crippen LogP contribution is -2.36. The number of methoxy groups -OCH3 is 1. The van der Waals surface area contributed by atoms with E-state index in [4.69, 9.17) is 4.74 Å². The molecule has 112 valence electrons. The van der Waals surface area contributed by atoms with Crippen LogP contribution in [0.1, 0.15) is 11.3 Å². The average molecular weight is 288 g/mol. The van der Waals surface area contributed by atoms with Gasteiger partial charge in [0.05, 0.1) is 19.3 Å². The van der Waals surface area contributed by atoms with Crippen LogP contribution in [0.5, 0.6) is 5.88 Å². The van der Waals surface area contributed by atoms with E-state index in [1.165, 1.54) is 0 Å². The standard InChI is InChI=1S/C14H20N6O/c1-15-14(18-10-12-6-7-19-20(12)2)17-9-11-4-5-13(21-3)16-8-11/h4-8H,9-10H2,1-3H3,(H2,15,17,18). The Bertz CT molecular complexity index is 590. The smallest absolute Gasteiger partial charge is 0.212 e. The highest BCUT2D eigenvalue weighted by atomic mass is 16.5. The number of pyridine rings is 1. The molecule has 0 amide bonds. The van der Waals surface area contributed by atoms with E-state index in [0.29, 0.717) is 19.0 Å². The molecule has 0 unspecified atom stereocenters. The molecule has 0 atom stereocenters. The van der Waals surface area contributed by atoms with Crippen LogP contribution in [0.3, 0.4) is 0 Å². The van der Waals surface area contributed by atoms with Gasteiger partial charge in [-0.25, -0.2) is 4.98 Å². The highest BCUT2D eigenvalue weighted by Gasteiger charge is 2.02. The third-order valence-corrected chi connectivity index (χ3v) is 3.05. The van der Waals surface area contributed by atoms with E-state index in [2.05, 4.69) is 25.7 Å². The summed E-state index contributed by atoms with van der Waals surface area (Å²) >= 11 is 0. The second kappa shape index (κ2) is 7.28. The van der Waals surface area contributed by atoms with Gasteiger partial charge in [-0.3, -0.25) is 9.67 Å². The van der Waals surface area contributed by atoms with Crippen molar-refractivity contribution in [3.8, 4) is 5.88 Å². The van der Waals surface area contributed by atoms with Gasteiger partial charge in [0.1, 0.15) is 0 Å². The molecule has 0 aromatic carbocycles. The second-order valence-electron chi connectivity index (χ2n) is 4.43. The second-order valence-corrected chi connectivity index (χ2v) is 4.43. The van der Waals surface area contributed by atoms with Crippen molar-refractivity contribution >= 4 is 5.96 Å². The Morgan fingerprint density at radius 2 is 2.10 bits per heavy atom. The van der Waals surface area contributed by atoms with Gasteiger partial charge in [0.25, 0.3) is 0 Å². The summed E-state index contributed by atoms with van der Waals surface area (Å²) in [5.41, 5.74) is 2.14. The van der Waals surface area contributed by atoms with Gasteiger partial charge < -0.3 is 15.4 Å². The molecule has 2 N–H and O–H groups in total. The summed E-state index contributed by atoms with van der Waals surface area (Å²) in [7, 11) is 5.26. The normalized spacial score (nSPS) is 11.3. The first-order valence-electron chi connectivity index (χ1n) is 6.63. The van der Waals surface area contributed by atoms with E-state index >= 15 is 0 Å². The van der Waals surface area contributed by atoms with Gasteiger partial charge in [-0.05, 0) is 11.6 Å². The van der Waals surface area contributed by atoms with Crippen LogP contribution >= 0.6 is 0 Å². The van der Waals surface area contributed by atoms with Gasteiger partial charge >= 0.3 is 0 Å². The Labute approximate surface area is 124 Å². The van der Waals surface area contributed by atoms with Crippen LogP contribution in [-0.4, -0.2) is 34.9 Å². The first-order valence-corrected chi connectivity index (χ1v) is 6.63. The minimum atomic E-state index is 0.609. The SMILES string of the molecule is CN=C(NCc1ccc(OC)nc1)NCc1ccnn1C. The van der Waals surface area contributed by atoms with Crippen molar-refractivity contribution in [1.82, 2.24) is 25.4 Å². The summed E-state index contributed by atoms with van der Waals surface area (Å²) in [6, 6.07) is 5.77. The van der Waals surface area contributed by atoms with Crippen LogP contribution in [0.4, 0.5) is 0 Å². The van der Waals surface area contributed by atoms with E-state index in [-0.39, 0.29) is 0 Å². The average Bonchev–Trinajstić information content (AvgIpc) is 2.93. The third kappa shape index (κ3) is 4.20. The number of nitrogens with zero attached hydrogens (tertiary/aromatic N) is 4. The Hall–Kier alpha value is -2.57. The molecule has 0 aliphatic carbocycles. The fourth-order valence-corrected chi connectivity index (χ4v) is 1.79. The lowest BCUT2D eigenvalue weighted by Gasteiger charge is -2.12.